The normalized spacial score (nSPS) is 16.1. The van der Waals surface area contributed by atoms with Gasteiger partial charge < -0.3 is 5.11 Å². The summed E-state index contributed by atoms with van der Waals surface area (Å²) in [4.78, 5) is 20.3. The fourth-order valence-electron chi connectivity index (χ4n) is 3.52. The third-order valence-corrected chi connectivity index (χ3v) is 5.94. The van der Waals surface area contributed by atoms with Crippen molar-refractivity contribution in [1.82, 2.24) is 9.55 Å². The predicted octanol–water partition coefficient (Wildman–Crippen LogP) is 2.12. The van der Waals surface area contributed by atoms with E-state index < -0.39 is 0 Å². The van der Waals surface area contributed by atoms with E-state index in [-0.39, 0.29) is 17.5 Å². The summed E-state index contributed by atoms with van der Waals surface area (Å²) in [5, 5.41) is 10.7. The minimum atomic E-state index is -0.182. The van der Waals surface area contributed by atoms with Crippen LogP contribution in [0.5, 0.6) is 5.88 Å². The van der Waals surface area contributed by atoms with Gasteiger partial charge in [-0.3, -0.25) is 9.69 Å². The van der Waals surface area contributed by atoms with Crippen molar-refractivity contribution in [2.45, 2.75) is 12.5 Å². The Kier molecular flexibility index (Phi) is 4.20. The summed E-state index contributed by atoms with van der Waals surface area (Å²) >= 11 is 7.37. The summed E-state index contributed by atoms with van der Waals surface area (Å²) in [6, 6.07) is 9.50. The Hall–Kier alpha value is -2.38. The molecule has 0 bridgehead atoms. The lowest BCUT2D eigenvalue weighted by molar-refractivity contribution is -0.669. The molecule has 0 radical (unpaired) electrons. The standard InChI is InChI=1S/C18H17ClN4O2S/c1-21-10-13(14-9-20-17(19)26-14)23-16(25)12(15(24)22(2)18(21)23)8-11-6-4-3-5-7-11/h3-7,9,13H,8,10H2,1-2H3/p+1. The van der Waals surface area contributed by atoms with Crippen LogP contribution in [0, 0.1) is 0 Å². The number of benzene rings is 1. The Morgan fingerprint density at radius 3 is 2.77 bits per heavy atom. The molecule has 0 spiro atoms. The Bertz CT molecular complexity index is 1030. The quantitative estimate of drug-likeness (QED) is 0.697. The maximum absolute atomic E-state index is 13.3. The van der Waals surface area contributed by atoms with Gasteiger partial charge >= 0.3 is 11.5 Å². The number of likely N-dealkylation sites (N-methyl/N-ethyl adjacent to an activating group) is 1. The summed E-state index contributed by atoms with van der Waals surface area (Å²) in [5.41, 5.74) is 1.18. The van der Waals surface area contributed by atoms with E-state index in [4.69, 9.17) is 11.6 Å². The molecule has 0 aliphatic carbocycles. The van der Waals surface area contributed by atoms with Gasteiger partial charge in [-0.15, -0.1) is 11.3 Å². The summed E-state index contributed by atoms with van der Waals surface area (Å²) in [6.45, 7) is 0.621. The van der Waals surface area contributed by atoms with Gasteiger partial charge in [0, 0.05) is 12.6 Å². The lowest BCUT2D eigenvalue weighted by Crippen LogP contribution is -2.42. The van der Waals surface area contributed by atoms with Crippen LogP contribution in [0.15, 0.2) is 41.3 Å². The van der Waals surface area contributed by atoms with Crippen LogP contribution in [0.4, 0.5) is 5.95 Å². The molecule has 134 valence electrons. The van der Waals surface area contributed by atoms with Crippen molar-refractivity contribution in [2.24, 2.45) is 7.05 Å². The second kappa shape index (κ2) is 6.41. The minimum absolute atomic E-state index is 0.0000555. The Morgan fingerprint density at radius 1 is 1.38 bits per heavy atom. The number of fused-ring (bicyclic) bond motifs is 1. The molecule has 1 aliphatic heterocycles. The fourth-order valence-corrected chi connectivity index (χ4v) is 4.56. The van der Waals surface area contributed by atoms with Crippen LogP contribution < -0.4 is 15.0 Å². The summed E-state index contributed by atoms with van der Waals surface area (Å²) in [6.07, 6.45) is 2.09. The van der Waals surface area contributed by atoms with Crippen molar-refractivity contribution >= 4 is 28.9 Å². The van der Waals surface area contributed by atoms with Gasteiger partial charge in [0.2, 0.25) is 0 Å². The van der Waals surface area contributed by atoms with E-state index in [9.17, 15) is 9.90 Å². The zero-order chi connectivity index (χ0) is 18.4. The van der Waals surface area contributed by atoms with Gasteiger partial charge in [0.15, 0.2) is 10.5 Å². The van der Waals surface area contributed by atoms with E-state index in [1.807, 2.05) is 42.3 Å². The average molecular weight is 390 g/mol. The van der Waals surface area contributed by atoms with Gasteiger partial charge in [-0.1, -0.05) is 41.9 Å². The van der Waals surface area contributed by atoms with Crippen LogP contribution in [0.1, 0.15) is 22.0 Å². The highest BCUT2D eigenvalue weighted by molar-refractivity contribution is 7.15. The van der Waals surface area contributed by atoms with Gasteiger partial charge in [-0.05, 0) is 5.56 Å². The molecule has 8 heteroatoms. The molecule has 0 fully saturated rings. The highest BCUT2D eigenvalue weighted by Crippen LogP contribution is 2.34. The molecule has 3 heterocycles. The Morgan fingerprint density at radius 2 is 2.12 bits per heavy atom. The van der Waals surface area contributed by atoms with E-state index in [1.165, 1.54) is 11.3 Å². The zero-order valence-electron chi connectivity index (χ0n) is 14.4. The third-order valence-electron chi connectivity index (χ3n) is 4.73. The largest absolute Gasteiger partial charge is 0.483 e. The van der Waals surface area contributed by atoms with Crippen LogP contribution in [0.2, 0.25) is 4.47 Å². The number of thiazole rings is 1. The average Bonchev–Trinajstić information content (AvgIpc) is 3.21. The van der Waals surface area contributed by atoms with Crippen LogP contribution in [0.3, 0.4) is 0 Å². The molecule has 0 saturated carbocycles. The van der Waals surface area contributed by atoms with Crippen molar-refractivity contribution in [3.05, 3.63) is 67.4 Å². The number of anilines is 1. The molecule has 3 aromatic rings. The van der Waals surface area contributed by atoms with Crippen molar-refractivity contribution in [3.8, 4) is 5.88 Å². The Labute approximate surface area is 159 Å². The molecule has 26 heavy (non-hydrogen) atoms. The van der Waals surface area contributed by atoms with Gasteiger partial charge in [-0.2, -0.15) is 4.57 Å². The number of hydrogen-bond acceptors (Lipinski definition) is 5. The van der Waals surface area contributed by atoms with Crippen molar-refractivity contribution in [3.63, 3.8) is 0 Å². The van der Waals surface area contributed by atoms with Crippen LogP contribution in [-0.4, -0.2) is 28.3 Å². The molecule has 2 aromatic heterocycles. The lowest BCUT2D eigenvalue weighted by atomic mass is 10.1. The Balaban J connectivity index is 1.89. The molecule has 1 aromatic carbocycles. The molecule has 1 atom stereocenters. The molecule has 1 aliphatic rings. The van der Waals surface area contributed by atoms with Crippen LogP contribution >= 0.6 is 22.9 Å². The first-order valence-electron chi connectivity index (χ1n) is 8.20. The molecule has 1 N–H and O–H groups in total. The van der Waals surface area contributed by atoms with E-state index in [1.54, 1.807) is 22.4 Å². The second-order valence-electron chi connectivity index (χ2n) is 6.41. The van der Waals surface area contributed by atoms with Crippen molar-refractivity contribution in [1.29, 1.82) is 0 Å². The predicted molar refractivity (Wildman–Crippen MR) is 101 cm³/mol. The number of halogens is 1. The van der Waals surface area contributed by atoms with E-state index >= 15 is 0 Å². The monoisotopic (exact) mass is 389 g/mol. The first-order valence-corrected chi connectivity index (χ1v) is 9.39. The van der Waals surface area contributed by atoms with E-state index in [0.717, 1.165) is 10.4 Å². The summed E-state index contributed by atoms with van der Waals surface area (Å²) < 4.78 is 3.86. The molecule has 6 nitrogen and oxygen atoms in total. The maximum Gasteiger partial charge on any atom is 0.365 e. The SMILES string of the molecule is CN1CC(c2cnc(Cl)s2)n2c1[n+](C)c(O)c(Cc1ccccc1)c2=O. The summed E-state index contributed by atoms with van der Waals surface area (Å²) in [7, 11) is 3.68. The third kappa shape index (κ3) is 2.68. The maximum atomic E-state index is 13.3. The molecule has 0 saturated heterocycles. The van der Waals surface area contributed by atoms with E-state index in [0.29, 0.717) is 28.9 Å². The number of aromatic hydroxyl groups is 1. The lowest BCUT2D eigenvalue weighted by Gasteiger charge is -2.12. The zero-order valence-corrected chi connectivity index (χ0v) is 16.0. The first kappa shape index (κ1) is 17.1. The molecular weight excluding hydrogens is 372 g/mol. The molecular formula is C18H18ClN4O2S+. The number of rotatable bonds is 3. The second-order valence-corrected chi connectivity index (χ2v) is 8.05. The van der Waals surface area contributed by atoms with E-state index in [2.05, 4.69) is 4.98 Å². The topological polar surface area (TPSA) is 62.2 Å². The van der Waals surface area contributed by atoms with Crippen molar-refractivity contribution < 1.29 is 9.67 Å². The number of hydrogen-bond donors (Lipinski definition) is 1. The number of aromatic nitrogens is 3. The fraction of sp³-hybridized carbons (Fsp3) is 0.278. The molecule has 0 amide bonds. The highest BCUT2D eigenvalue weighted by atomic mass is 35.5. The smallest absolute Gasteiger partial charge is 0.365 e. The van der Waals surface area contributed by atoms with Crippen LogP contribution in [-0.2, 0) is 13.5 Å². The molecule has 4 rings (SSSR count). The number of nitrogens with zero attached hydrogens (tertiary/aromatic N) is 4. The van der Waals surface area contributed by atoms with Gasteiger partial charge in [0.1, 0.15) is 12.1 Å². The minimum Gasteiger partial charge on any atom is -0.483 e. The highest BCUT2D eigenvalue weighted by Gasteiger charge is 2.41. The van der Waals surface area contributed by atoms with Crippen molar-refractivity contribution in [2.75, 3.05) is 18.5 Å². The first-order chi connectivity index (χ1) is 12.5. The van der Waals surface area contributed by atoms with Gasteiger partial charge in [0.25, 0.3) is 5.88 Å². The van der Waals surface area contributed by atoms with Gasteiger partial charge in [0.05, 0.1) is 19.0 Å². The molecule has 1 unspecified atom stereocenters. The van der Waals surface area contributed by atoms with Crippen LogP contribution in [0.25, 0.3) is 0 Å². The van der Waals surface area contributed by atoms with Gasteiger partial charge in [-0.25, -0.2) is 9.55 Å². The summed E-state index contributed by atoms with van der Waals surface area (Å²) in [5.74, 6) is 0.666.